The highest BCUT2D eigenvalue weighted by atomic mass is 35.5. The number of rotatable bonds is 5. The highest BCUT2D eigenvalue weighted by Crippen LogP contribution is 2.22. The molecule has 1 aliphatic heterocycles. The van der Waals surface area contributed by atoms with Crippen molar-refractivity contribution in [2.75, 3.05) is 44.7 Å². The molecule has 1 N–H and O–H groups in total. The van der Waals surface area contributed by atoms with Crippen molar-refractivity contribution < 1.29 is 4.74 Å². The lowest BCUT2D eigenvalue weighted by Gasteiger charge is -2.26. The number of nitrogens with one attached hydrogen (secondary N) is 1. The lowest BCUT2D eigenvalue weighted by atomic mass is 10.3. The lowest BCUT2D eigenvalue weighted by molar-refractivity contribution is 0.0378. The van der Waals surface area contributed by atoms with Crippen LogP contribution < -0.4 is 5.32 Å². The zero-order chi connectivity index (χ0) is 13.5. The molecule has 0 bridgehead atoms. The Morgan fingerprint density at radius 3 is 3.00 bits per heavy atom. The predicted molar refractivity (Wildman–Crippen MR) is 74.3 cm³/mol. The van der Waals surface area contributed by atoms with Crippen LogP contribution in [0.15, 0.2) is 12.3 Å². The van der Waals surface area contributed by atoms with Crippen LogP contribution in [0.5, 0.6) is 0 Å². The molecule has 1 saturated heterocycles. The maximum absolute atomic E-state index is 8.88. The zero-order valence-corrected chi connectivity index (χ0v) is 11.5. The average Bonchev–Trinajstić information content (AvgIpc) is 2.46. The Morgan fingerprint density at radius 2 is 2.26 bits per heavy atom. The quantitative estimate of drug-likeness (QED) is 0.833. The van der Waals surface area contributed by atoms with Crippen LogP contribution in [-0.2, 0) is 4.74 Å². The summed E-state index contributed by atoms with van der Waals surface area (Å²) < 4.78 is 5.30. The van der Waals surface area contributed by atoms with Crippen molar-refractivity contribution in [3.8, 4) is 6.07 Å². The van der Waals surface area contributed by atoms with Crippen LogP contribution in [0, 0.1) is 11.3 Å². The van der Waals surface area contributed by atoms with E-state index >= 15 is 0 Å². The normalized spacial score (nSPS) is 16.0. The molecule has 0 spiro atoms. The van der Waals surface area contributed by atoms with Crippen LogP contribution in [0.4, 0.5) is 5.82 Å². The van der Waals surface area contributed by atoms with Crippen LogP contribution in [-0.4, -0.2) is 49.3 Å². The number of pyridine rings is 1. The minimum Gasteiger partial charge on any atom is -0.379 e. The Labute approximate surface area is 118 Å². The zero-order valence-electron chi connectivity index (χ0n) is 10.7. The van der Waals surface area contributed by atoms with E-state index in [-0.39, 0.29) is 0 Å². The summed E-state index contributed by atoms with van der Waals surface area (Å²) in [6.07, 6.45) is 2.60. The minimum absolute atomic E-state index is 0.399. The smallest absolute Gasteiger partial charge is 0.146 e. The van der Waals surface area contributed by atoms with E-state index in [0.717, 1.165) is 45.8 Å². The van der Waals surface area contributed by atoms with Gasteiger partial charge in [0.2, 0.25) is 0 Å². The summed E-state index contributed by atoms with van der Waals surface area (Å²) in [6.45, 7) is 5.48. The van der Waals surface area contributed by atoms with E-state index in [2.05, 4.69) is 15.2 Å². The van der Waals surface area contributed by atoms with Crippen molar-refractivity contribution in [1.82, 2.24) is 9.88 Å². The van der Waals surface area contributed by atoms with Crippen LogP contribution in [0.3, 0.4) is 0 Å². The number of nitriles is 1. The van der Waals surface area contributed by atoms with E-state index < -0.39 is 0 Å². The molecule has 0 aromatic carbocycles. The summed E-state index contributed by atoms with van der Waals surface area (Å²) in [6, 6.07) is 3.66. The van der Waals surface area contributed by atoms with Gasteiger partial charge in [0.25, 0.3) is 0 Å². The van der Waals surface area contributed by atoms with E-state index in [1.54, 1.807) is 12.3 Å². The molecule has 19 heavy (non-hydrogen) atoms. The first-order valence-corrected chi connectivity index (χ1v) is 6.77. The average molecular weight is 281 g/mol. The summed E-state index contributed by atoms with van der Waals surface area (Å²) in [5.41, 5.74) is 0.451. The molecule has 0 saturated carbocycles. The summed E-state index contributed by atoms with van der Waals surface area (Å²) in [4.78, 5) is 6.52. The standard InChI is InChI=1S/C13H17ClN4O/c14-12-11(10-15)2-4-17-13(12)16-3-1-5-18-6-8-19-9-7-18/h2,4H,1,3,5-9H2,(H,16,17). The van der Waals surface area contributed by atoms with E-state index in [1.807, 2.05) is 6.07 Å². The van der Waals surface area contributed by atoms with Crippen molar-refractivity contribution in [2.45, 2.75) is 6.42 Å². The van der Waals surface area contributed by atoms with Crippen molar-refractivity contribution in [1.29, 1.82) is 5.26 Å². The maximum atomic E-state index is 8.88. The van der Waals surface area contributed by atoms with Crippen molar-refractivity contribution in [2.24, 2.45) is 0 Å². The van der Waals surface area contributed by atoms with Crippen molar-refractivity contribution >= 4 is 17.4 Å². The molecule has 2 heterocycles. The third kappa shape index (κ3) is 4.06. The minimum atomic E-state index is 0.399. The molecule has 102 valence electrons. The van der Waals surface area contributed by atoms with Gasteiger partial charge < -0.3 is 10.1 Å². The van der Waals surface area contributed by atoms with E-state index in [4.69, 9.17) is 21.6 Å². The number of morpholine rings is 1. The molecular formula is C13H17ClN4O. The van der Waals surface area contributed by atoms with Gasteiger partial charge in [0.1, 0.15) is 16.9 Å². The topological polar surface area (TPSA) is 61.2 Å². The molecule has 0 unspecified atom stereocenters. The Hall–Kier alpha value is -1.35. The maximum Gasteiger partial charge on any atom is 0.146 e. The van der Waals surface area contributed by atoms with Crippen LogP contribution in [0.2, 0.25) is 5.02 Å². The van der Waals surface area contributed by atoms with Gasteiger partial charge in [-0.1, -0.05) is 11.6 Å². The van der Waals surface area contributed by atoms with Gasteiger partial charge in [-0.15, -0.1) is 0 Å². The molecule has 1 aliphatic rings. The number of hydrogen-bond donors (Lipinski definition) is 1. The number of ether oxygens (including phenoxy) is 1. The third-order valence-electron chi connectivity index (χ3n) is 3.06. The number of hydrogen-bond acceptors (Lipinski definition) is 5. The second-order valence-corrected chi connectivity index (χ2v) is 4.75. The van der Waals surface area contributed by atoms with Crippen molar-refractivity contribution in [3.63, 3.8) is 0 Å². The van der Waals surface area contributed by atoms with E-state index in [9.17, 15) is 0 Å². The van der Waals surface area contributed by atoms with Gasteiger partial charge in [-0.05, 0) is 19.0 Å². The monoisotopic (exact) mass is 280 g/mol. The fourth-order valence-electron chi connectivity index (χ4n) is 1.99. The van der Waals surface area contributed by atoms with Crippen LogP contribution >= 0.6 is 11.6 Å². The van der Waals surface area contributed by atoms with Gasteiger partial charge in [-0.3, -0.25) is 4.90 Å². The molecule has 6 heteroatoms. The van der Waals surface area contributed by atoms with Gasteiger partial charge in [-0.25, -0.2) is 4.98 Å². The molecule has 0 amide bonds. The Bertz CT molecular complexity index is 454. The first kappa shape index (κ1) is 14.1. The summed E-state index contributed by atoms with van der Waals surface area (Å²) in [7, 11) is 0. The SMILES string of the molecule is N#Cc1ccnc(NCCCN2CCOCC2)c1Cl. The largest absolute Gasteiger partial charge is 0.379 e. The third-order valence-corrected chi connectivity index (χ3v) is 3.44. The summed E-state index contributed by atoms with van der Waals surface area (Å²) >= 11 is 6.06. The molecule has 1 fully saturated rings. The van der Waals surface area contributed by atoms with Gasteiger partial charge in [0.05, 0.1) is 18.8 Å². The molecule has 0 aliphatic carbocycles. The molecule has 0 atom stereocenters. The molecule has 1 aromatic heterocycles. The fourth-order valence-corrected chi connectivity index (χ4v) is 2.21. The van der Waals surface area contributed by atoms with Gasteiger partial charge >= 0.3 is 0 Å². The number of aromatic nitrogens is 1. The summed E-state index contributed by atoms with van der Waals surface area (Å²) in [5.74, 6) is 0.586. The van der Waals surface area contributed by atoms with Crippen molar-refractivity contribution in [3.05, 3.63) is 22.8 Å². The Kier molecular flexibility index (Phi) is 5.40. The van der Waals surface area contributed by atoms with E-state index in [0.29, 0.717) is 16.4 Å². The Balaban J connectivity index is 1.75. The van der Waals surface area contributed by atoms with Crippen LogP contribution in [0.25, 0.3) is 0 Å². The number of nitrogens with zero attached hydrogens (tertiary/aromatic N) is 3. The molecule has 2 rings (SSSR count). The first-order chi connectivity index (χ1) is 9.31. The molecule has 0 radical (unpaired) electrons. The van der Waals surface area contributed by atoms with Gasteiger partial charge in [-0.2, -0.15) is 5.26 Å². The highest BCUT2D eigenvalue weighted by molar-refractivity contribution is 6.34. The second-order valence-electron chi connectivity index (χ2n) is 4.37. The highest BCUT2D eigenvalue weighted by Gasteiger charge is 2.10. The Morgan fingerprint density at radius 1 is 1.47 bits per heavy atom. The molecule has 5 nitrogen and oxygen atoms in total. The van der Waals surface area contributed by atoms with Gasteiger partial charge in [0.15, 0.2) is 0 Å². The molecule has 1 aromatic rings. The molecular weight excluding hydrogens is 264 g/mol. The van der Waals surface area contributed by atoms with Crippen LogP contribution in [0.1, 0.15) is 12.0 Å². The number of halogens is 1. The first-order valence-electron chi connectivity index (χ1n) is 6.40. The summed E-state index contributed by atoms with van der Waals surface area (Å²) in [5, 5.41) is 12.5. The van der Waals surface area contributed by atoms with Gasteiger partial charge in [0, 0.05) is 25.8 Å². The fraction of sp³-hybridized carbons (Fsp3) is 0.538. The lowest BCUT2D eigenvalue weighted by Crippen LogP contribution is -2.37. The number of anilines is 1. The predicted octanol–water partition coefficient (Wildman–Crippen LogP) is 1.74. The van der Waals surface area contributed by atoms with E-state index in [1.165, 1.54) is 0 Å². The second kappa shape index (κ2) is 7.29.